The lowest BCUT2D eigenvalue weighted by Crippen LogP contribution is -2.37. The highest BCUT2D eigenvalue weighted by molar-refractivity contribution is 5.94. The second-order valence-corrected chi connectivity index (χ2v) is 8.44. The van der Waals surface area contributed by atoms with Crippen molar-refractivity contribution in [2.24, 2.45) is 0 Å². The number of hydrogen-bond donors (Lipinski definition) is 3. The number of aliphatic hydroxyl groups excluding tert-OH is 1. The van der Waals surface area contributed by atoms with Gasteiger partial charge in [-0.25, -0.2) is 14.2 Å². The quantitative estimate of drug-likeness (QED) is 0.284. The molecule has 0 radical (unpaired) electrons. The summed E-state index contributed by atoms with van der Waals surface area (Å²) < 4.78 is 19.8. The molecule has 0 aliphatic carbocycles. The Balaban J connectivity index is 1.67. The van der Waals surface area contributed by atoms with E-state index in [-0.39, 0.29) is 18.1 Å². The second kappa shape index (κ2) is 12.4. The number of amides is 1. The zero-order chi connectivity index (χ0) is 27.8. The smallest absolute Gasteiger partial charge is 0.347 e. The van der Waals surface area contributed by atoms with E-state index in [1.54, 1.807) is 54.6 Å². The third kappa shape index (κ3) is 6.82. The van der Waals surface area contributed by atoms with Crippen molar-refractivity contribution in [3.63, 3.8) is 0 Å². The molecule has 9 nitrogen and oxygen atoms in total. The molecule has 0 spiro atoms. The number of ether oxygens (including phenoxy) is 1. The third-order valence-corrected chi connectivity index (χ3v) is 5.63. The SMILES string of the molecule is Nc1nc(-c2ccc(F)cc2)n(CC(=O)NC(=Cc2ccccc2)CO)c(=O)c1C(=O)OCc1ccccc1. The number of nitrogens with zero attached hydrogens (tertiary/aromatic N) is 2. The van der Waals surface area contributed by atoms with Crippen LogP contribution in [0.2, 0.25) is 0 Å². The molecule has 1 aromatic heterocycles. The first-order chi connectivity index (χ1) is 18.9. The predicted molar refractivity (Wildman–Crippen MR) is 144 cm³/mol. The van der Waals surface area contributed by atoms with Crippen molar-refractivity contribution in [3.05, 3.63) is 123 Å². The molecule has 198 valence electrons. The Morgan fingerprint density at radius 1 is 1.00 bits per heavy atom. The summed E-state index contributed by atoms with van der Waals surface area (Å²) in [4.78, 5) is 43.6. The van der Waals surface area contributed by atoms with Gasteiger partial charge < -0.3 is 20.9 Å². The van der Waals surface area contributed by atoms with Crippen LogP contribution in [0, 0.1) is 5.82 Å². The van der Waals surface area contributed by atoms with E-state index in [4.69, 9.17) is 10.5 Å². The van der Waals surface area contributed by atoms with Crippen molar-refractivity contribution in [2.75, 3.05) is 12.3 Å². The molecule has 0 saturated carbocycles. The van der Waals surface area contributed by atoms with Gasteiger partial charge in [0.05, 0.1) is 6.61 Å². The highest BCUT2D eigenvalue weighted by atomic mass is 19.1. The van der Waals surface area contributed by atoms with E-state index in [2.05, 4.69) is 10.3 Å². The van der Waals surface area contributed by atoms with Gasteiger partial charge in [-0.3, -0.25) is 14.2 Å². The second-order valence-electron chi connectivity index (χ2n) is 8.44. The van der Waals surface area contributed by atoms with Gasteiger partial charge in [0.1, 0.15) is 30.6 Å². The Kier molecular flexibility index (Phi) is 8.60. The van der Waals surface area contributed by atoms with Crippen molar-refractivity contribution in [1.82, 2.24) is 14.9 Å². The van der Waals surface area contributed by atoms with Crippen LogP contribution in [0.5, 0.6) is 0 Å². The number of esters is 1. The van der Waals surface area contributed by atoms with Crippen LogP contribution < -0.4 is 16.6 Å². The molecular formula is C29H25FN4O5. The maximum Gasteiger partial charge on any atom is 0.347 e. The predicted octanol–water partition coefficient (Wildman–Crippen LogP) is 3.14. The first-order valence-electron chi connectivity index (χ1n) is 11.9. The van der Waals surface area contributed by atoms with Gasteiger partial charge in [0.25, 0.3) is 5.56 Å². The van der Waals surface area contributed by atoms with Crippen molar-refractivity contribution in [1.29, 1.82) is 0 Å². The molecule has 1 amide bonds. The van der Waals surface area contributed by atoms with E-state index in [1.165, 1.54) is 12.1 Å². The van der Waals surface area contributed by atoms with Gasteiger partial charge in [-0.05, 0) is 41.5 Å². The van der Waals surface area contributed by atoms with Crippen molar-refractivity contribution < 1.29 is 23.8 Å². The minimum atomic E-state index is -1.01. The number of halogens is 1. The Morgan fingerprint density at radius 2 is 1.64 bits per heavy atom. The molecule has 0 unspecified atom stereocenters. The largest absolute Gasteiger partial charge is 0.457 e. The average molecular weight is 529 g/mol. The third-order valence-electron chi connectivity index (χ3n) is 5.63. The molecule has 4 rings (SSSR count). The fourth-order valence-electron chi connectivity index (χ4n) is 3.76. The molecule has 0 aliphatic rings. The van der Waals surface area contributed by atoms with Crippen LogP contribution >= 0.6 is 0 Å². The van der Waals surface area contributed by atoms with E-state index in [1.807, 2.05) is 12.1 Å². The Labute approximate surface area is 223 Å². The Hall–Kier alpha value is -5.09. The van der Waals surface area contributed by atoms with Crippen LogP contribution in [0.4, 0.5) is 10.2 Å². The highest BCUT2D eigenvalue weighted by Gasteiger charge is 2.24. The summed E-state index contributed by atoms with van der Waals surface area (Å²) in [5.74, 6) is -2.64. The summed E-state index contributed by atoms with van der Waals surface area (Å²) in [6, 6.07) is 22.9. The number of nitrogens with one attached hydrogen (secondary N) is 1. The summed E-state index contributed by atoms with van der Waals surface area (Å²) in [7, 11) is 0. The van der Waals surface area contributed by atoms with Gasteiger partial charge in [-0.2, -0.15) is 0 Å². The molecule has 0 fully saturated rings. The number of aliphatic hydroxyl groups is 1. The number of aromatic nitrogens is 2. The van der Waals surface area contributed by atoms with Crippen molar-refractivity contribution in [3.8, 4) is 11.4 Å². The molecular weight excluding hydrogens is 503 g/mol. The van der Waals surface area contributed by atoms with E-state index in [0.29, 0.717) is 11.1 Å². The Bertz CT molecular complexity index is 1550. The monoisotopic (exact) mass is 528 g/mol. The molecule has 3 aromatic carbocycles. The van der Waals surface area contributed by atoms with E-state index < -0.39 is 47.8 Å². The number of anilines is 1. The maximum atomic E-state index is 13.6. The summed E-state index contributed by atoms with van der Waals surface area (Å²) in [6.45, 7) is -1.16. The first-order valence-corrected chi connectivity index (χ1v) is 11.9. The first kappa shape index (κ1) is 27.0. The molecule has 1 heterocycles. The molecule has 0 atom stereocenters. The topological polar surface area (TPSA) is 137 Å². The van der Waals surface area contributed by atoms with Crippen LogP contribution in [-0.2, 0) is 22.7 Å². The number of benzene rings is 3. The summed E-state index contributed by atoms with van der Waals surface area (Å²) in [6.07, 6.45) is 1.58. The van der Waals surface area contributed by atoms with E-state index >= 15 is 0 Å². The minimum Gasteiger partial charge on any atom is -0.457 e. The molecule has 10 heteroatoms. The number of rotatable bonds is 9. The number of nitrogens with two attached hydrogens (primary N) is 1. The average Bonchev–Trinajstić information content (AvgIpc) is 2.94. The number of nitrogen functional groups attached to an aromatic ring is 1. The van der Waals surface area contributed by atoms with Gasteiger partial charge >= 0.3 is 5.97 Å². The van der Waals surface area contributed by atoms with Crippen LogP contribution in [0.25, 0.3) is 17.5 Å². The van der Waals surface area contributed by atoms with Gasteiger partial charge in [0.15, 0.2) is 5.56 Å². The van der Waals surface area contributed by atoms with E-state index in [0.717, 1.165) is 22.3 Å². The summed E-state index contributed by atoms with van der Waals surface area (Å²) >= 11 is 0. The standard InChI is InChI=1S/C29H25FN4O5/c30-22-13-11-21(12-14-22)27-33-26(31)25(29(38)39-18-20-9-5-2-6-10-20)28(37)34(27)16-24(36)32-23(17-35)15-19-7-3-1-4-8-19/h1-15,35H,16-18,31H2,(H,32,36). The molecule has 0 aliphatic heterocycles. The lowest BCUT2D eigenvalue weighted by atomic mass is 10.2. The molecule has 4 N–H and O–H groups in total. The van der Waals surface area contributed by atoms with Gasteiger partial charge in [0.2, 0.25) is 5.91 Å². The molecule has 39 heavy (non-hydrogen) atoms. The van der Waals surface area contributed by atoms with Crippen molar-refractivity contribution in [2.45, 2.75) is 13.2 Å². The minimum absolute atomic E-state index is 0.0511. The van der Waals surface area contributed by atoms with Gasteiger partial charge in [0, 0.05) is 11.3 Å². The zero-order valence-corrected chi connectivity index (χ0v) is 20.7. The number of carbonyl (C=O) groups excluding carboxylic acids is 2. The fourth-order valence-corrected chi connectivity index (χ4v) is 3.76. The van der Waals surface area contributed by atoms with Crippen LogP contribution in [0.15, 0.2) is 95.4 Å². The number of hydrogen-bond acceptors (Lipinski definition) is 7. The Morgan fingerprint density at radius 3 is 2.28 bits per heavy atom. The zero-order valence-electron chi connectivity index (χ0n) is 20.7. The maximum absolute atomic E-state index is 13.6. The molecule has 0 bridgehead atoms. The van der Waals surface area contributed by atoms with Crippen LogP contribution in [0.3, 0.4) is 0 Å². The highest BCUT2D eigenvalue weighted by Crippen LogP contribution is 2.20. The van der Waals surface area contributed by atoms with Gasteiger partial charge in [-0.1, -0.05) is 60.7 Å². The summed E-state index contributed by atoms with van der Waals surface area (Å²) in [5, 5.41) is 12.3. The number of carbonyl (C=O) groups is 2. The van der Waals surface area contributed by atoms with E-state index in [9.17, 15) is 23.9 Å². The molecule has 0 saturated heterocycles. The fraction of sp³-hybridized carbons (Fsp3) is 0.103. The van der Waals surface area contributed by atoms with Crippen molar-refractivity contribution >= 4 is 23.8 Å². The van der Waals surface area contributed by atoms with Crippen LogP contribution in [0.1, 0.15) is 21.5 Å². The van der Waals surface area contributed by atoms with Gasteiger partial charge in [-0.15, -0.1) is 0 Å². The lowest BCUT2D eigenvalue weighted by molar-refractivity contribution is -0.121. The molecule has 4 aromatic rings. The lowest BCUT2D eigenvalue weighted by Gasteiger charge is -2.16. The normalized spacial score (nSPS) is 11.2. The van der Waals surface area contributed by atoms with Crippen LogP contribution in [-0.4, -0.2) is 33.1 Å². The summed E-state index contributed by atoms with van der Waals surface area (Å²) in [5.41, 5.74) is 6.48.